The summed E-state index contributed by atoms with van der Waals surface area (Å²) in [4.78, 5) is 0. The average Bonchev–Trinajstić information content (AvgIpc) is 3.44. The first kappa shape index (κ1) is 50.2. The number of unbranched alkanes of at least 4 members (excludes halogenated alkanes) is 10. The third-order valence-corrected chi connectivity index (χ3v) is 10.8. The molecule has 0 aromatic heterocycles. The first-order chi connectivity index (χ1) is 24.0. The van der Waals surface area contributed by atoms with Gasteiger partial charge in [0, 0.05) is 22.8 Å². The Labute approximate surface area is 338 Å². The molecule has 2 aromatic rings. The van der Waals surface area contributed by atoms with Crippen molar-refractivity contribution in [3.8, 4) is 0 Å². The molecule has 0 aliphatic carbocycles. The molecule has 0 unspecified atom stereocenters. The van der Waals surface area contributed by atoms with Gasteiger partial charge in [0.25, 0.3) is 0 Å². The first-order valence-electron chi connectivity index (χ1n) is 21.2. The van der Waals surface area contributed by atoms with Gasteiger partial charge in [0.05, 0.1) is 0 Å². The van der Waals surface area contributed by atoms with E-state index in [1.807, 2.05) is 0 Å². The molecule has 2 nitrogen and oxygen atoms in total. The van der Waals surface area contributed by atoms with Gasteiger partial charge in [-0.2, -0.15) is 0 Å². The predicted molar refractivity (Wildman–Crippen MR) is 229 cm³/mol. The number of hydrogen-bond donors (Lipinski definition) is 0. The summed E-state index contributed by atoms with van der Waals surface area (Å²) >= 11 is 0. The van der Waals surface area contributed by atoms with Gasteiger partial charge in [0.15, 0.2) is 0 Å². The Morgan fingerprint density at radius 2 is 0.750 bits per heavy atom. The molecule has 3 rings (SSSR count). The normalized spacial score (nSPS) is 12.4. The molecule has 1 aliphatic rings. The van der Waals surface area contributed by atoms with Crippen molar-refractivity contribution in [2.75, 3.05) is 0 Å². The SMILES string of the molecule is CCCCCc1cc(C2=C(CCCC)C=C(c3cc(CCCC)c(CCCC)c(CCCC)c3)[N+]2=[N-])cc(CCCCC)c1CCCCC.[CH3-].[CH3-].[Pd+2]. The van der Waals surface area contributed by atoms with Gasteiger partial charge < -0.3 is 20.4 Å². The molecular formula is C49H80N2Pd. The maximum absolute atomic E-state index is 12.3. The third-order valence-electron chi connectivity index (χ3n) is 10.8. The van der Waals surface area contributed by atoms with Crippen LogP contribution in [0, 0.1) is 14.9 Å². The van der Waals surface area contributed by atoms with Crippen LogP contribution >= 0.6 is 0 Å². The van der Waals surface area contributed by atoms with E-state index in [-0.39, 0.29) is 35.3 Å². The molecule has 1 aliphatic heterocycles. The summed E-state index contributed by atoms with van der Waals surface area (Å²) in [5.74, 6) is 0. The minimum atomic E-state index is 0. The fourth-order valence-corrected chi connectivity index (χ4v) is 7.81. The first-order valence-corrected chi connectivity index (χ1v) is 21.2. The Morgan fingerprint density at radius 3 is 1.17 bits per heavy atom. The Bertz CT molecular complexity index is 1300. The zero-order valence-electron chi connectivity index (χ0n) is 35.6. The van der Waals surface area contributed by atoms with Crippen molar-refractivity contribution < 1.29 is 25.1 Å². The second kappa shape index (κ2) is 28.6. The maximum atomic E-state index is 12.3. The van der Waals surface area contributed by atoms with E-state index in [0.29, 0.717) is 0 Å². The van der Waals surface area contributed by atoms with Gasteiger partial charge in [-0.15, -0.1) is 0 Å². The van der Waals surface area contributed by atoms with Crippen LogP contribution < -0.4 is 0 Å². The van der Waals surface area contributed by atoms with Gasteiger partial charge in [-0.3, -0.25) is 0 Å². The van der Waals surface area contributed by atoms with Crippen LogP contribution in [0.15, 0.2) is 35.9 Å². The predicted octanol–water partition coefficient (Wildman–Crippen LogP) is 15.8. The van der Waals surface area contributed by atoms with Gasteiger partial charge in [-0.1, -0.05) is 113 Å². The van der Waals surface area contributed by atoms with Gasteiger partial charge in [0.2, 0.25) is 11.4 Å². The fraction of sp³-hybridized carbons (Fsp3) is 0.633. The van der Waals surface area contributed by atoms with Gasteiger partial charge in [-0.25, -0.2) is 4.70 Å². The summed E-state index contributed by atoms with van der Waals surface area (Å²) in [6, 6.07) is 9.90. The largest absolute Gasteiger partial charge is 2.00 e. The van der Waals surface area contributed by atoms with E-state index < -0.39 is 0 Å². The molecule has 3 heteroatoms. The molecule has 0 amide bonds. The number of allylic oxidation sites excluding steroid dienone is 2. The van der Waals surface area contributed by atoms with E-state index in [0.717, 1.165) is 56.3 Å². The van der Waals surface area contributed by atoms with Crippen molar-refractivity contribution in [2.24, 2.45) is 0 Å². The van der Waals surface area contributed by atoms with Crippen LogP contribution in [0.1, 0.15) is 209 Å². The summed E-state index contributed by atoms with van der Waals surface area (Å²) < 4.78 is 1.61. The Morgan fingerprint density at radius 1 is 0.423 bits per heavy atom. The van der Waals surface area contributed by atoms with E-state index in [1.54, 1.807) is 27.0 Å². The molecule has 0 N–H and O–H groups in total. The molecule has 296 valence electrons. The van der Waals surface area contributed by atoms with Crippen LogP contribution in [0.3, 0.4) is 0 Å². The van der Waals surface area contributed by atoms with Crippen molar-refractivity contribution in [1.82, 2.24) is 0 Å². The third kappa shape index (κ3) is 14.8. The standard InChI is InChI=1S/C47H74N2.2CH3.Pd/c1-8-15-22-28-39-34-43(35-40(29-23-16-9-2)45(39)31-24-17-10-3)47-41(27-20-13-6)36-46(49(47)48)42-32-37(25-18-11-4)44(30-21-14-7)38(33-42)26-19-12-5;;;/h32-36H,8-31H2,1-7H3;2*1H3;/q;2*-1;+2. The summed E-state index contributed by atoms with van der Waals surface area (Å²) in [5.41, 5.74) is 27.4. The average molecular weight is 804 g/mol. The molecule has 0 saturated heterocycles. The molecule has 0 bridgehead atoms. The number of benzene rings is 2. The van der Waals surface area contributed by atoms with E-state index in [1.165, 1.54) is 137 Å². The van der Waals surface area contributed by atoms with Gasteiger partial charge in [0.1, 0.15) is 0 Å². The van der Waals surface area contributed by atoms with Crippen LogP contribution in [0.2, 0.25) is 0 Å². The van der Waals surface area contributed by atoms with E-state index in [2.05, 4.69) is 78.8 Å². The zero-order valence-corrected chi connectivity index (χ0v) is 37.1. The van der Waals surface area contributed by atoms with Crippen LogP contribution in [-0.2, 0) is 58.9 Å². The summed E-state index contributed by atoms with van der Waals surface area (Å²) in [7, 11) is 0. The van der Waals surface area contributed by atoms with E-state index in [4.69, 9.17) is 0 Å². The van der Waals surface area contributed by atoms with Crippen LogP contribution in [-0.4, -0.2) is 4.70 Å². The number of rotatable bonds is 26. The molecule has 1 heterocycles. The number of aryl methyl sites for hydroxylation is 4. The topological polar surface area (TPSA) is 25.3 Å². The van der Waals surface area contributed by atoms with Gasteiger partial charge in [-0.05, 0) is 148 Å². The van der Waals surface area contributed by atoms with Crippen molar-refractivity contribution in [3.63, 3.8) is 0 Å². The van der Waals surface area contributed by atoms with Gasteiger partial charge >= 0.3 is 20.4 Å². The second-order valence-electron chi connectivity index (χ2n) is 15.0. The van der Waals surface area contributed by atoms with Crippen LogP contribution in [0.4, 0.5) is 0 Å². The van der Waals surface area contributed by atoms with Crippen LogP contribution in [0.25, 0.3) is 16.9 Å². The fourth-order valence-electron chi connectivity index (χ4n) is 7.81. The van der Waals surface area contributed by atoms with Crippen molar-refractivity contribution in [1.29, 1.82) is 0 Å². The molecule has 0 radical (unpaired) electrons. The molecule has 0 fully saturated rings. The minimum Gasteiger partial charge on any atom is -0.493 e. The van der Waals surface area contributed by atoms with E-state index >= 15 is 0 Å². The summed E-state index contributed by atoms with van der Waals surface area (Å²) in [6.07, 6.45) is 31.3. The Hall–Kier alpha value is -1.82. The molecule has 0 saturated carbocycles. The minimum absolute atomic E-state index is 0. The zero-order chi connectivity index (χ0) is 35.4. The molecule has 2 aromatic carbocycles. The molecule has 0 atom stereocenters. The monoisotopic (exact) mass is 803 g/mol. The summed E-state index contributed by atoms with van der Waals surface area (Å²) in [6.45, 7) is 16.2. The Kier molecular flexibility index (Phi) is 27.6. The second-order valence-corrected chi connectivity index (χ2v) is 15.0. The number of nitrogens with zero attached hydrogens (tertiary/aromatic N) is 2. The molecule has 0 spiro atoms. The molecule has 52 heavy (non-hydrogen) atoms. The smallest absolute Gasteiger partial charge is 0.493 e. The Balaban J connectivity index is 0.00000867. The van der Waals surface area contributed by atoms with Crippen molar-refractivity contribution in [2.45, 2.75) is 203 Å². The quantitative estimate of drug-likeness (QED) is 0.0392. The molecular weight excluding hydrogens is 723 g/mol. The maximum Gasteiger partial charge on any atom is 2.00 e. The van der Waals surface area contributed by atoms with Crippen molar-refractivity contribution >= 4 is 11.4 Å². The summed E-state index contributed by atoms with van der Waals surface area (Å²) in [5, 5.41) is 0. The van der Waals surface area contributed by atoms with E-state index in [9.17, 15) is 5.53 Å². The number of hydrogen-bond acceptors (Lipinski definition) is 0. The van der Waals surface area contributed by atoms with Crippen molar-refractivity contribution in [3.05, 3.63) is 101 Å². The van der Waals surface area contributed by atoms with Crippen LogP contribution in [0.5, 0.6) is 0 Å².